The third-order valence-corrected chi connectivity index (χ3v) is 1.97. The zero-order valence-electron chi connectivity index (χ0n) is 7.62. The topological polar surface area (TPSA) is 69.6 Å². The first kappa shape index (κ1) is 9.83. The molecule has 0 aromatic carbocycles. The Kier molecular flexibility index (Phi) is 3.11. The van der Waals surface area contributed by atoms with Gasteiger partial charge in [-0.2, -0.15) is 0 Å². The molecule has 1 saturated heterocycles. The standard InChI is InChI=1S/C8H14N2O3/c1-2-3-10-5-6(4-7(11)12)9-8(10)13/h6H,2-5H2,1H3,(H,9,13)(H,11,12). The molecule has 0 bridgehead atoms. The number of carbonyl (C=O) groups excluding carboxylic acids is 1. The monoisotopic (exact) mass is 186 g/mol. The van der Waals surface area contributed by atoms with Crippen molar-refractivity contribution >= 4 is 12.0 Å². The molecule has 2 N–H and O–H groups in total. The lowest BCUT2D eigenvalue weighted by atomic mass is 10.2. The summed E-state index contributed by atoms with van der Waals surface area (Å²) in [7, 11) is 0. The third kappa shape index (κ3) is 2.61. The molecule has 5 heteroatoms. The SMILES string of the molecule is CCCN1CC(CC(=O)O)NC1=O. The van der Waals surface area contributed by atoms with E-state index in [0.717, 1.165) is 6.42 Å². The molecule has 1 fully saturated rings. The predicted octanol–water partition coefficient (Wildman–Crippen LogP) is 0.265. The number of carboxylic acid groups (broad SMARTS) is 1. The molecule has 1 atom stereocenters. The number of carboxylic acids is 1. The van der Waals surface area contributed by atoms with Gasteiger partial charge >= 0.3 is 12.0 Å². The summed E-state index contributed by atoms with van der Waals surface area (Å²) in [6.07, 6.45) is 0.902. The van der Waals surface area contributed by atoms with E-state index in [1.54, 1.807) is 4.90 Å². The van der Waals surface area contributed by atoms with Crippen molar-refractivity contribution in [3.8, 4) is 0 Å². The summed E-state index contributed by atoms with van der Waals surface area (Å²) in [6, 6.07) is -0.371. The highest BCUT2D eigenvalue weighted by molar-refractivity contribution is 5.78. The van der Waals surface area contributed by atoms with Gasteiger partial charge in [0.2, 0.25) is 0 Å². The van der Waals surface area contributed by atoms with Crippen LogP contribution in [0.2, 0.25) is 0 Å². The zero-order valence-corrected chi connectivity index (χ0v) is 7.62. The maximum atomic E-state index is 11.2. The van der Waals surface area contributed by atoms with Crippen LogP contribution < -0.4 is 5.32 Å². The van der Waals surface area contributed by atoms with Gasteiger partial charge < -0.3 is 15.3 Å². The number of hydrogen-bond acceptors (Lipinski definition) is 2. The summed E-state index contributed by atoms with van der Waals surface area (Å²) >= 11 is 0. The predicted molar refractivity (Wildman–Crippen MR) is 46.4 cm³/mol. The lowest BCUT2D eigenvalue weighted by Gasteiger charge is -2.11. The third-order valence-electron chi connectivity index (χ3n) is 1.97. The second-order valence-electron chi connectivity index (χ2n) is 3.19. The molecule has 1 heterocycles. The summed E-state index contributed by atoms with van der Waals surface area (Å²) in [4.78, 5) is 23.2. The van der Waals surface area contributed by atoms with Gasteiger partial charge in [-0.15, -0.1) is 0 Å². The molecular formula is C8H14N2O3. The van der Waals surface area contributed by atoms with Crippen molar-refractivity contribution in [1.29, 1.82) is 0 Å². The van der Waals surface area contributed by atoms with Crippen molar-refractivity contribution in [2.24, 2.45) is 0 Å². The van der Waals surface area contributed by atoms with Gasteiger partial charge in [-0.3, -0.25) is 4.79 Å². The Morgan fingerprint density at radius 1 is 1.77 bits per heavy atom. The van der Waals surface area contributed by atoms with Gasteiger partial charge in [0.15, 0.2) is 0 Å². The van der Waals surface area contributed by atoms with Crippen LogP contribution in [-0.2, 0) is 4.79 Å². The highest BCUT2D eigenvalue weighted by atomic mass is 16.4. The van der Waals surface area contributed by atoms with Gasteiger partial charge in [-0.1, -0.05) is 6.92 Å². The van der Waals surface area contributed by atoms with Gasteiger partial charge in [0, 0.05) is 13.1 Å². The van der Waals surface area contributed by atoms with Crippen molar-refractivity contribution in [2.45, 2.75) is 25.8 Å². The van der Waals surface area contributed by atoms with E-state index in [4.69, 9.17) is 5.11 Å². The smallest absolute Gasteiger partial charge is 0.317 e. The first-order valence-corrected chi connectivity index (χ1v) is 4.40. The zero-order chi connectivity index (χ0) is 9.84. The van der Waals surface area contributed by atoms with Crippen LogP contribution in [0.1, 0.15) is 19.8 Å². The van der Waals surface area contributed by atoms with Crippen LogP contribution in [0.4, 0.5) is 4.79 Å². The molecule has 13 heavy (non-hydrogen) atoms. The van der Waals surface area contributed by atoms with Crippen molar-refractivity contribution in [3.05, 3.63) is 0 Å². The Morgan fingerprint density at radius 3 is 3.00 bits per heavy atom. The Labute approximate surface area is 76.7 Å². The van der Waals surface area contributed by atoms with Crippen LogP contribution in [-0.4, -0.2) is 41.1 Å². The maximum absolute atomic E-state index is 11.2. The number of amides is 2. The van der Waals surface area contributed by atoms with Crippen LogP contribution >= 0.6 is 0 Å². The minimum absolute atomic E-state index is 0.00591. The number of hydrogen-bond donors (Lipinski definition) is 2. The second kappa shape index (κ2) is 4.11. The van der Waals surface area contributed by atoms with E-state index in [9.17, 15) is 9.59 Å². The van der Waals surface area contributed by atoms with Gasteiger partial charge in [0.1, 0.15) is 0 Å². The first-order chi connectivity index (χ1) is 6.13. The molecule has 0 aliphatic carbocycles. The van der Waals surface area contributed by atoms with E-state index in [0.29, 0.717) is 13.1 Å². The fourth-order valence-corrected chi connectivity index (χ4v) is 1.45. The first-order valence-electron chi connectivity index (χ1n) is 4.40. The molecule has 1 rings (SSSR count). The van der Waals surface area contributed by atoms with E-state index in [-0.39, 0.29) is 18.5 Å². The molecule has 74 valence electrons. The number of nitrogens with one attached hydrogen (secondary N) is 1. The average Bonchev–Trinajstić information content (AvgIpc) is 2.31. The highest BCUT2D eigenvalue weighted by Crippen LogP contribution is 2.07. The number of carbonyl (C=O) groups is 2. The molecule has 0 aromatic rings. The van der Waals surface area contributed by atoms with E-state index in [1.165, 1.54) is 0 Å². The van der Waals surface area contributed by atoms with Gasteiger partial charge in [0.05, 0.1) is 12.5 Å². The number of rotatable bonds is 4. The lowest BCUT2D eigenvalue weighted by Crippen LogP contribution is -2.29. The Morgan fingerprint density at radius 2 is 2.46 bits per heavy atom. The van der Waals surface area contributed by atoms with E-state index in [1.807, 2.05) is 6.92 Å². The molecule has 1 aliphatic rings. The molecule has 0 radical (unpaired) electrons. The van der Waals surface area contributed by atoms with E-state index >= 15 is 0 Å². The minimum atomic E-state index is -0.872. The number of urea groups is 1. The normalized spacial score (nSPS) is 21.8. The van der Waals surface area contributed by atoms with Crippen LogP contribution in [0.25, 0.3) is 0 Å². The Balaban J connectivity index is 2.40. The Bertz CT molecular complexity index is 217. The molecule has 0 spiro atoms. The van der Waals surface area contributed by atoms with Gasteiger partial charge in [-0.05, 0) is 6.42 Å². The largest absolute Gasteiger partial charge is 0.481 e. The number of aliphatic carboxylic acids is 1. The van der Waals surface area contributed by atoms with E-state index < -0.39 is 5.97 Å². The maximum Gasteiger partial charge on any atom is 0.317 e. The van der Waals surface area contributed by atoms with Crippen molar-refractivity contribution in [1.82, 2.24) is 10.2 Å². The molecule has 1 aliphatic heterocycles. The molecule has 5 nitrogen and oxygen atoms in total. The van der Waals surface area contributed by atoms with Gasteiger partial charge in [0.25, 0.3) is 0 Å². The fourth-order valence-electron chi connectivity index (χ4n) is 1.45. The minimum Gasteiger partial charge on any atom is -0.481 e. The van der Waals surface area contributed by atoms with Crippen molar-refractivity contribution in [2.75, 3.05) is 13.1 Å². The second-order valence-corrected chi connectivity index (χ2v) is 3.19. The summed E-state index contributed by atoms with van der Waals surface area (Å²) in [5.74, 6) is -0.872. The van der Waals surface area contributed by atoms with Crippen molar-refractivity contribution in [3.63, 3.8) is 0 Å². The highest BCUT2D eigenvalue weighted by Gasteiger charge is 2.28. The molecule has 0 aromatic heterocycles. The van der Waals surface area contributed by atoms with Crippen LogP contribution in [0, 0.1) is 0 Å². The summed E-state index contributed by atoms with van der Waals surface area (Å²) < 4.78 is 0. The molecule has 2 amide bonds. The number of nitrogens with zero attached hydrogens (tertiary/aromatic N) is 1. The molecule has 1 unspecified atom stereocenters. The molecular weight excluding hydrogens is 172 g/mol. The quantitative estimate of drug-likeness (QED) is 0.661. The van der Waals surface area contributed by atoms with Gasteiger partial charge in [-0.25, -0.2) is 4.79 Å². The fraction of sp³-hybridized carbons (Fsp3) is 0.750. The summed E-state index contributed by atoms with van der Waals surface area (Å²) in [6.45, 7) is 3.19. The summed E-state index contributed by atoms with van der Waals surface area (Å²) in [5, 5.41) is 11.1. The van der Waals surface area contributed by atoms with Crippen LogP contribution in [0.3, 0.4) is 0 Å². The van der Waals surface area contributed by atoms with Crippen molar-refractivity contribution < 1.29 is 14.7 Å². The molecule has 0 saturated carbocycles. The average molecular weight is 186 g/mol. The van der Waals surface area contributed by atoms with Crippen LogP contribution in [0.5, 0.6) is 0 Å². The Hall–Kier alpha value is -1.26. The van der Waals surface area contributed by atoms with E-state index in [2.05, 4.69) is 5.32 Å². The lowest BCUT2D eigenvalue weighted by molar-refractivity contribution is -0.137. The summed E-state index contributed by atoms with van der Waals surface area (Å²) in [5.41, 5.74) is 0. The van der Waals surface area contributed by atoms with Crippen LogP contribution in [0.15, 0.2) is 0 Å².